The summed E-state index contributed by atoms with van der Waals surface area (Å²) in [4.78, 5) is 28.2. The zero-order chi connectivity index (χ0) is 18.8. The molecule has 2 saturated heterocycles. The van der Waals surface area contributed by atoms with Crippen LogP contribution in [0.5, 0.6) is 0 Å². The molecule has 2 bridgehead atoms. The first-order chi connectivity index (χ1) is 13.1. The van der Waals surface area contributed by atoms with Crippen molar-refractivity contribution in [1.82, 2.24) is 10.2 Å². The van der Waals surface area contributed by atoms with Gasteiger partial charge in [0.25, 0.3) is 5.91 Å². The van der Waals surface area contributed by atoms with E-state index in [-0.39, 0.29) is 11.9 Å². The van der Waals surface area contributed by atoms with Crippen molar-refractivity contribution in [2.45, 2.75) is 28.7 Å². The highest BCUT2D eigenvalue weighted by atomic mass is 32.2. The molecule has 2 aliphatic rings. The number of nitrogens with zero attached hydrogens (tertiary/aromatic N) is 1. The molecule has 3 atom stereocenters. The fourth-order valence-electron chi connectivity index (χ4n) is 3.93. The van der Waals surface area contributed by atoms with Gasteiger partial charge >= 0.3 is 0 Å². The molecule has 5 nitrogen and oxygen atoms in total. The minimum Gasteiger partial charge on any atom is -0.366 e. The lowest BCUT2D eigenvalue weighted by Gasteiger charge is -2.30. The predicted octanol–water partition coefficient (Wildman–Crippen LogP) is 2.76. The highest BCUT2D eigenvalue weighted by Gasteiger charge is 2.32. The van der Waals surface area contributed by atoms with Crippen molar-refractivity contribution in [1.29, 1.82) is 0 Å². The number of benzene rings is 2. The summed E-state index contributed by atoms with van der Waals surface area (Å²) < 4.78 is 0. The maximum atomic E-state index is 12.5. The van der Waals surface area contributed by atoms with Gasteiger partial charge in [-0.05, 0) is 73.8 Å². The molecule has 4 rings (SSSR count). The van der Waals surface area contributed by atoms with E-state index in [0.29, 0.717) is 11.1 Å². The van der Waals surface area contributed by atoms with E-state index in [1.54, 1.807) is 23.9 Å². The second kappa shape index (κ2) is 7.74. The van der Waals surface area contributed by atoms with E-state index < -0.39 is 5.91 Å². The number of fused-ring (bicyclic) bond motifs is 2. The first-order valence-electron chi connectivity index (χ1n) is 9.28. The van der Waals surface area contributed by atoms with Crippen LogP contribution in [0.3, 0.4) is 0 Å². The first-order valence-corrected chi connectivity index (χ1v) is 10.1. The van der Waals surface area contributed by atoms with Gasteiger partial charge in [-0.1, -0.05) is 11.8 Å². The summed E-state index contributed by atoms with van der Waals surface area (Å²) in [6, 6.07) is 15.1. The largest absolute Gasteiger partial charge is 0.366 e. The van der Waals surface area contributed by atoms with Crippen LogP contribution >= 0.6 is 11.8 Å². The van der Waals surface area contributed by atoms with E-state index in [0.717, 1.165) is 28.7 Å². The van der Waals surface area contributed by atoms with Gasteiger partial charge in [0.2, 0.25) is 5.91 Å². The van der Waals surface area contributed by atoms with Crippen molar-refractivity contribution < 1.29 is 9.59 Å². The molecule has 2 amide bonds. The molecule has 2 aromatic rings. The lowest BCUT2D eigenvalue weighted by molar-refractivity contribution is 0.0908. The summed E-state index contributed by atoms with van der Waals surface area (Å²) in [5.41, 5.74) is 6.45. The molecule has 140 valence electrons. The Bertz CT molecular complexity index is 824. The van der Waals surface area contributed by atoms with Crippen molar-refractivity contribution in [3.63, 3.8) is 0 Å². The third-order valence-electron chi connectivity index (χ3n) is 5.29. The monoisotopic (exact) mass is 381 g/mol. The molecular formula is C21H23N3O2S. The van der Waals surface area contributed by atoms with E-state index in [2.05, 4.69) is 10.2 Å². The van der Waals surface area contributed by atoms with E-state index >= 15 is 0 Å². The van der Waals surface area contributed by atoms with Crippen LogP contribution in [0.4, 0.5) is 0 Å². The van der Waals surface area contributed by atoms with Crippen LogP contribution in [0.15, 0.2) is 58.3 Å². The van der Waals surface area contributed by atoms with E-state index in [1.807, 2.05) is 36.4 Å². The molecule has 0 spiro atoms. The van der Waals surface area contributed by atoms with Crippen molar-refractivity contribution in [2.75, 3.05) is 19.6 Å². The van der Waals surface area contributed by atoms with Gasteiger partial charge in [-0.25, -0.2) is 0 Å². The zero-order valence-corrected chi connectivity index (χ0v) is 15.9. The minimum atomic E-state index is -0.426. The molecule has 0 saturated carbocycles. The fourth-order valence-corrected chi connectivity index (χ4v) is 4.75. The van der Waals surface area contributed by atoms with Crippen LogP contribution in [0.25, 0.3) is 0 Å². The molecule has 0 radical (unpaired) electrons. The van der Waals surface area contributed by atoms with E-state index in [4.69, 9.17) is 5.73 Å². The quantitative estimate of drug-likeness (QED) is 0.835. The van der Waals surface area contributed by atoms with E-state index in [1.165, 1.54) is 19.5 Å². The second-order valence-electron chi connectivity index (χ2n) is 7.34. The average Bonchev–Trinajstić information content (AvgIpc) is 3.01. The molecule has 2 fully saturated rings. The molecule has 27 heavy (non-hydrogen) atoms. The Morgan fingerprint density at radius 1 is 0.963 bits per heavy atom. The van der Waals surface area contributed by atoms with Crippen LogP contribution < -0.4 is 11.1 Å². The average molecular weight is 382 g/mol. The number of hydrogen-bond acceptors (Lipinski definition) is 4. The number of amides is 2. The Labute approximate surface area is 163 Å². The number of hydrogen-bond donors (Lipinski definition) is 2. The molecule has 0 aromatic heterocycles. The zero-order valence-electron chi connectivity index (χ0n) is 15.1. The maximum Gasteiger partial charge on any atom is 0.251 e. The summed E-state index contributed by atoms with van der Waals surface area (Å²) in [5.74, 6) is 0.318. The topological polar surface area (TPSA) is 75.4 Å². The van der Waals surface area contributed by atoms with Gasteiger partial charge in [0, 0.05) is 40.0 Å². The summed E-state index contributed by atoms with van der Waals surface area (Å²) in [6.45, 7) is 3.33. The van der Waals surface area contributed by atoms with Crippen LogP contribution in [0.2, 0.25) is 0 Å². The minimum absolute atomic E-state index is 0.00450. The number of nitrogens with one attached hydrogen (secondary N) is 1. The Kier molecular flexibility index (Phi) is 5.18. The molecule has 1 unspecified atom stereocenters. The van der Waals surface area contributed by atoms with Crippen molar-refractivity contribution in [3.05, 3.63) is 59.7 Å². The number of primary amides is 1. The van der Waals surface area contributed by atoms with E-state index in [9.17, 15) is 9.59 Å². The molecule has 2 aromatic carbocycles. The molecular weight excluding hydrogens is 358 g/mol. The number of carbonyl (C=O) groups excluding carboxylic acids is 2. The molecule has 2 heterocycles. The van der Waals surface area contributed by atoms with Gasteiger partial charge in [-0.2, -0.15) is 0 Å². The van der Waals surface area contributed by atoms with Gasteiger partial charge in [0.05, 0.1) is 0 Å². The Morgan fingerprint density at radius 2 is 1.59 bits per heavy atom. The number of piperidine rings is 1. The highest BCUT2D eigenvalue weighted by molar-refractivity contribution is 7.99. The summed E-state index contributed by atoms with van der Waals surface area (Å²) in [6.07, 6.45) is 2.36. The Balaban J connectivity index is 1.35. The summed E-state index contributed by atoms with van der Waals surface area (Å²) >= 11 is 1.58. The van der Waals surface area contributed by atoms with Gasteiger partial charge in [0.1, 0.15) is 0 Å². The standard InChI is InChI=1S/C21H23N3O2S/c22-20(25)15-1-5-18(6-2-15)27-19-7-3-16(4-8-19)21(26)23-17-11-14-9-10-24(12-14)13-17/h1-8,14,17H,9-13H2,(H2,22,25)(H,23,26)/t14-,17-/m1/s1. The molecule has 0 aliphatic carbocycles. The molecule has 2 aliphatic heterocycles. The van der Waals surface area contributed by atoms with Gasteiger partial charge in [0.15, 0.2) is 0 Å². The number of rotatable bonds is 5. The molecule has 3 N–H and O–H groups in total. The Morgan fingerprint density at radius 3 is 2.19 bits per heavy atom. The van der Waals surface area contributed by atoms with Gasteiger partial charge < -0.3 is 16.0 Å². The number of nitrogens with two attached hydrogens (primary N) is 1. The second-order valence-corrected chi connectivity index (χ2v) is 8.48. The van der Waals surface area contributed by atoms with Gasteiger partial charge in [-0.15, -0.1) is 0 Å². The van der Waals surface area contributed by atoms with Crippen molar-refractivity contribution >= 4 is 23.6 Å². The summed E-state index contributed by atoms with van der Waals surface area (Å²) in [5, 5.41) is 3.19. The summed E-state index contributed by atoms with van der Waals surface area (Å²) in [7, 11) is 0. The van der Waals surface area contributed by atoms with Crippen LogP contribution in [0, 0.1) is 5.92 Å². The van der Waals surface area contributed by atoms with Crippen molar-refractivity contribution in [2.24, 2.45) is 11.7 Å². The highest BCUT2D eigenvalue weighted by Crippen LogP contribution is 2.29. The van der Waals surface area contributed by atoms with Crippen LogP contribution in [0.1, 0.15) is 33.6 Å². The SMILES string of the molecule is NC(=O)c1ccc(Sc2ccc(C(=O)N[C@@H]3C[C@H]4CCN(C4)C3)cc2)cc1. The smallest absolute Gasteiger partial charge is 0.251 e. The third-order valence-corrected chi connectivity index (χ3v) is 6.31. The lowest BCUT2D eigenvalue weighted by Crippen LogP contribution is -2.47. The first kappa shape index (κ1) is 18.1. The van der Waals surface area contributed by atoms with Crippen LogP contribution in [-0.2, 0) is 0 Å². The number of carbonyl (C=O) groups is 2. The third kappa shape index (κ3) is 4.34. The normalized spacial score (nSPS) is 23.8. The predicted molar refractivity (Wildman–Crippen MR) is 106 cm³/mol. The van der Waals surface area contributed by atoms with Crippen molar-refractivity contribution in [3.8, 4) is 0 Å². The Hall–Kier alpha value is -2.31. The lowest BCUT2D eigenvalue weighted by atomic mass is 9.96. The fraction of sp³-hybridized carbons (Fsp3) is 0.333. The van der Waals surface area contributed by atoms with Crippen LogP contribution in [-0.4, -0.2) is 42.4 Å². The van der Waals surface area contributed by atoms with Gasteiger partial charge in [-0.3, -0.25) is 9.59 Å². The maximum absolute atomic E-state index is 12.5. The molecule has 6 heteroatoms.